The van der Waals surface area contributed by atoms with Gasteiger partial charge >= 0.3 is 0 Å². The molecule has 1 N–H and O–H groups in total. The molecule has 0 spiro atoms. The van der Waals surface area contributed by atoms with Crippen molar-refractivity contribution >= 4 is 11.0 Å². The number of rotatable bonds is 8. The molecule has 2 aromatic heterocycles. The van der Waals surface area contributed by atoms with Crippen LogP contribution in [0.2, 0.25) is 0 Å². The van der Waals surface area contributed by atoms with Gasteiger partial charge in [-0.15, -0.1) is 0 Å². The number of aryl methyl sites for hydroxylation is 1. The molecule has 352 valence electrons. The summed E-state index contributed by atoms with van der Waals surface area (Å²) in [6.07, 6.45) is 13.4. The van der Waals surface area contributed by atoms with E-state index in [2.05, 4.69) is 163 Å². The SMILES string of the molecule is [2H]C([2H])([2H])c1ccc(-c2ccnc(-c3cc(-c4cccc5c4nc(-c4cc(C6(C)CCCCC6)cc(C6(C)CCCCC6)c4O)n5-c4ccc(C(C)(C)C)cc4-c4ccccc4)cc(C(C)(C)C)c3)c2)cc1. The number of para-hydroxylation sites is 1. The van der Waals surface area contributed by atoms with Crippen molar-refractivity contribution < 1.29 is 9.22 Å². The molecule has 4 heteroatoms. The van der Waals surface area contributed by atoms with Crippen LogP contribution < -0.4 is 0 Å². The van der Waals surface area contributed by atoms with Crippen LogP contribution in [-0.2, 0) is 21.7 Å². The number of benzene rings is 6. The lowest BCUT2D eigenvalue weighted by atomic mass is 9.66. The summed E-state index contributed by atoms with van der Waals surface area (Å²) in [5.41, 5.74) is 16.3. The summed E-state index contributed by atoms with van der Waals surface area (Å²) in [6.45, 7) is 16.2. The Hall–Kier alpha value is -6.26. The molecule has 0 amide bonds. The summed E-state index contributed by atoms with van der Waals surface area (Å²) in [4.78, 5) is 10.8. The molecule has 0 aliphatic heterocycles. The van der Waals surface area contributed by atoms with Crippen molar-refractivity contribution in [2.45, 2.75) is 148 Å². The van der Waals surface area contributed by atoms with E-state index in [4.69, 9.17) is 14.1 Å². The van der Waals surface area contributed by atoms with Crippen LogP contribution in [0.5, 0.6) is 5.75 Å². The summed E-state index contributed by atoms with van der Waals surface area (Å²) in [6, 6.07) is 46.9. The molecule has 2 aliphatic rings. The van der Waals surface area contributed by atoms with Gasteiger partial charge in [0.25, 0.3) is 0 Å². The Bertz CT molecular complexity index is 3280. The molecule has 8 aromatic rings. The highest BCUT2D eigenvalue weighted by Crippen LogP contribution is 2.51. The second kappa shape index (κ2) is 17.9. The zero-order valence-corrected chi connectivity index (χ0v) is 42.1. The van der Waals surface area contributed by atoms with E-state index in [9.17, 15) is 5.11 Å². The number of nitrogens with zero attached hydrogens (tertiary/aromatic N) is 3. The van der Waals surface area contributed by atoms with Crippen LogP contribution in [0.25, 0.3) is 72.7 Å². The molecule has 4 nitrogen and oxygen atoms in total. The molecule has 2 aliphatic carbocycles. The van der Waals surface area contributed by atoms with Crippen molar-refractivity contribution in [1.29, 1.82) is 0 Å². The smallest absolute Gasteiger partial charge is 0.149 e. The number of pyridine rings is 1. The fourth-order valence-electron chi connectivity index (χ4n) is 11.4. The third-order valence-corrected chi connectivity index (χ3v) is 15.9. The van der Waals surface area contributed by atoms with Crippen LogP contribution in [0.15, 0.2) is 140 Å². The van der Waals surface area contributed by atoms with Crippen LogP contribution in [0.4, 0.5) is 0 Å². The molecular formula is C65H71N3O. The Balaban J connectivity index is 1.25. The van der Waals surface area contributed by atoms with Crippen molar-refractivity contribution in [3.8, 4) is 67.5 Å². The summed E-state index contributed by atoms with van der Waals surface area (Å²) < 4.78 is 26.1. The largest absolute Gasteiger partial charge is 0.507 e. The summed E-state index contributed by atoms with van der Waals surface area (Å²) in [7, 11) is 0. The maximum atomic E-state index is 13.1. The van der Waals surface area contributed by atoms with Crippen LogP contribution in [0.3, 0.4) is 0 Å². The van der Waals surface area contributed by atoms with Gasteiger partial charge in [0, 0.05) is 32.6 Å². The van der Waals surface area contributed by atoms with Gasteiger partial charge in [0.05, 0.1) is 28.0 Å². The molecule has 10 rings (SSSR count). The number of phenolic OH excluding ortho intramolecular Hbond substituents is 1. The van der Waals surface area contributed by atoms with Gasteiger partial charge in [0.1, 0.15) is 11.6 Å². The first kappa shape index (κ1) is 42.8. The Morgan fingerprint density at radius 1 is 0.551 bits per heavy atom. The molecule has 0 saturated heterocycles. The van der Waals surface area contributed by atoms with E-state index in [-0.39, 0.29) is 21.7 Å². The molecule has 0 bridgehead atoms. The third kappa shape index (κ3) is 8.97. The zero-order chi connectivity index (χ0) is 50.8. The van der Waals surface area contributed by atoms with E-state index >= 15 is 0 Å². The highest BCUT2D eigenvalue weighted by atomic mass is 16.3. The predicted octanol–water partition coefficient (Wildman–Crippen LogP) is 17.8. The van der Waals surface area contributed by atoms with Gasteiger partial charge in [-0.25, -0.2) is 4.98 Å². The molecule has 0 radical (unpaired) electrons. The number of hydrogen-bond acceptors (Lipinski definition) is 3. The fraction of sp³-hybridized carbons (Fsp3) is 0.354. The molecule has 2 saturated carbocycles. The van der Waals surface area contributed by atoms with E-state index in [1.165, 1.54) is 42.4 Å². The first-order chi connectivity index (χ1) is 34.2. The number of imidazole rings is 1. The van der Waals surface area contributed by atoms with Gasteiger partial charge in [0.2, 0.25) is 0 Å². The minimum Gasteiger partial charge on any atom is -0.507 e. The fourth-order valence-corrected chi connectivity index (χ4v) is 11.4. The van der Waals surface area contributed by atoms with Crippen molar-refractivity contribution in [1.82, 2.24) is 14.5 Å². The first-order valence-electron chi connectivity index (χ1n) is 27.0. The molecule has 69 heavy (non-hydrogen) atoms. The predicted molar refractivity (Wildman–Crippen MR) is 291 cm³/mol. The number of aromatic nitrogens is 3. The number of fused-ring (bicyclic) bond motifs is 1. The minimum atomic E-state index is -2.17. The molecular weight excluding hydrogens is 839 g/mol. The van der Waals surface area contributed by atoms with Gasteiger partial charge in [-0.1, -0.05) is 184 Å². The highest BCUT2D eigenvalue weighted by Gasteiger charge is 2.37. The third-order valence-electron chi connectivity index (χ3n) is 15.9. The maximum absolute atomic E-state index is 13.1. The summed E-state index contributed by atoms with van der Waals surface area (Å²) in [5, 5.41) is 13.1. The zero-order valence-electron chi connectivity index (χ0n) is 45.1. The minimum absolute atomic E-state index is 0.0115. The van der Waals surface area contributed by atoms with Crippen LogP contribution in [0.1, 0.15) is 152 Å². The monoisotopic (exact) mass is 913 g/mol. The quantitative estimate of drug-likeness (QED) is 0.165. The normalized spacial score (nSPS) is 17.0. The van der Waals surface area contributed by atoms with Crippen LogP contribution in [-0.4, -0.2) is 19.6 Å². The number of phenols is 1. The summed E-state index contributed by atoms with van der Waals surface area (Å²) >= 11 is 0. The molecule has 2 fully saturated rings. The first-order valence-corrected chi connectivity index (χ1v) is 25.5. The maximum Gasteiger partial charge on any atom is 0.149 e. The average Bonchev–Trinajstić information content (AvgIpc) is 3.75. The highest BCUT2D eigenvalue weighted by molar-refractivity contribution is 5.98. The Morgan fingerprint density at radius 2 is 1.23 bits per heavy atom. The number of hydrogen-bond donors (Lipinski definition) is 1. The standard InChI is InChI=1S/C65H71N3O/c1-43-24-26-44(27-25-43)46-30-35-66-56(39-46)48-36-47(37-50(38-48)63(5,6)7)52-22-19-23-58-59(52)67-61(68(58)57-29-28-49(62(2,3)4)40-53(57)45-20-13-10-14-21-45)54-41-51(64(8)31-15-11-16-32-64)42-55(60(54)69)65(9)33-17-12-18-34-65/h10,13-14,19-30,35-42,69H,11-12,15-18,31-34H2,1-9H3/i1D3. The molecule has 0 unspecified atom stereocenters. The molecule has 2 heterocycles. The lowest BCUT2D eigenvalue weighted by Crippen LogP contribution is -2.29. The van der Waals surface area contributed by atoms with Crippen molar-refractivity contribution in [3.63, 3.8) is 0 Å². The van der Waals surface area contributed by atoms with E-state index in [0.717, 1.165) is 117 Å². The average molecular weight is 913 g/mol. The van der Waals surface area contributed by atoms with Gasteiger partial charge in [0.15, 0.2) is 0 Å². The Morgan fingerprint density at radius 3 is 1.91 bits per heavy atom. The van der Waals surface area contributed by atoms with Gasteiger partial charge in [-0.2, -0.15) is 0 Å². The van der Waals surface area contributed by atoms with Gasteiger partial charge < -0.3 is 5.11 Å². The van der Waals surface area contributed by atoms with Gasteiger partial charge in [-0.3, -0.25) is 9.55 Å². The van der Waals surface area contributed by atoms with Crippen molar-refractivity contribution in [3.05, 3.63) is 167 Å². The van der Waals surface area contributed by atoms with E-state index in [1.807, 2.05) is 24.4 Å². The topological polar surface area (TPSA) is 50.9 Å². The molecule has 0 atom stereocenters. The Kier molecular flexibility index (Phi) is 11.1. The lowest BCUT2D eigenvalue weighted by molar-refractivity contribution is 0.302. The Labute approximate surface area is 416 Å². The molecule has 6 aromatic carbocycles. The van der Waals surface area contributed by atoms with E-state index in [0.29, 0.717) is 11.3 Å². The lowest BCUT2D eigenvalue weighted by Gasteiger charge is -2.39. The van der Waals surface area contributed by atoms with E-state index < -0.39 is 6.85 Å². The second-order valence-electron chi connectivity index (χ2n) is 23.0. The number of aromatic hydroxyl groups is 1. The van der Waals surface area contributed by atoms with E-state index in [1.54, 1.807) is 12.1 Å². The second-order valence-corrected chi connectivity index (χ2v) is 23.0. The van der Waals surface area contributed by atoms with Crippen molar-refractivity contribution in [2.24, 2.45) is 0 Å². The van der Waals surface area contributed by atoms with Crippen LogP contribution in [0, 0.1) is 6.85 Å². The van der Waals surface area contributed by atoms with Gasteiger partial charge in [-0.05, 0) is 142 Å². The van der Waals surface area contributed by atoms with Crippen LogP contribution >= 0.6 is 0 Å². The van der Waals surface area contributed by atoms with Crippen molar-refractivity contribution in [2.75, 3.05) is 0 Å². The summed E-state index contributed by atoms with van der Waals surface area (Å²) in [5.74, 6) is 1.09.